The predicted octanol–water partition coefficient (Wildman–Crippen LogP) is 2.01. The van der Waals surface area contributed by atoms with Crippen molar-refractivity contribution >= 4 is 40.1 Å². The molecule has 1 aliphatic heterocycles. The first kappa shape index (κ1) is 13.8. The summed E-state index contributed by atoms with van der Waals surface area (Å²) in [6.45, 7) is 0. The largest absolute Gasteiger partial charge is 0.341 e. The molecular formula is C11H9ClN2O4S. The minimum Gasteiger partial charge on any atom is -0.341 e. The average Bonchev–Trinajstić information content (AvgIpc) is 2.74. The van der Waals surface area contributed by atoms with Crippen LogP contribution in [0.15, 0.2) is 18.2 Å². The number of rotatable bonds is 3. The van der Waals surface area contributed by atoms with Crippen molar-refractivity contribution in [3.8, 4) is 0 Å². The maximum Gasteiger partial charge on any atom is 0.283 e. The van der Waals surface area contributed by atoms with Crippen LogP contribution in [0, 0.1) is 10.1 Å². The van der Waals surface area contributed by atoms with Gasteiger partial charge in [0.05, 0.1) is 11.0 Å². The number of hydrogen-bond acceptors (Lipinski definition) is 5. The maximum absolute atomic E-state index is 12.0. The van der Waals surface area contributed by atoms with Crippen LogP contribution in [0.4, 0.5) is 5.69 Å². The average molecular weight is 301 g/mol. The monoisotopic (exact) mass is 300 g/mol. The Labute approximate surface area is 117 Å². The Kier molecular flexibility index (Phi) is 4.06. The van der Waals surface area contributed by atoms with E-state index in [1.54, 1.807) is 0 Å². The molecule has 100 valence electrons. The number of halogens is 1. The Hall–Kier alpha value is -1.60. The molecule has 1 heterocycles. The van der Waals surface area contributed by atoms with Crippen LogP contribution in [0.3, 0.4) is 0 Å². The number of thioether (sulfide) groups is 1. The second kappa shape index (κ2) is 5.58. The van der Waals surface area contributed by atoms with Gasteiger partial charge in [-0.15, -0.1) is 0 Å². The molecular weight excluding hydrogens is 292 g/mol. The molecule has 1 fully saturated rings. The van der Waals surface area contributed by atoms with E-state index in [-0.39, 0.29) is 21.4 Å². The van der Waals surface area contributed by atoms with Gasteiger partial charge in [0, 0.05) is 16.8 Å². The molecule has 1 saturated heterocycles. The van der Waals surface area contributed by atoms with E-state index in [1.165, 1.54) is 12.1 Å². The zero-order chi connectivity index (χ0) is 14.0. The van der Waals surface area contributed by atoms with Crippen LogP contribution >= 0.6 is 23.4 Å². The van der Waals surface area contributed by atoms with Crippen molar-refractivity contribution in [1.29, 1.82) is 0 Å². The zero-order valence-electron chi connectivity index (χ0n) is 9.59. The van der Waals surface area contributed by atoms with Gasteiger partial charge in [-0.2, -0.15) is 0 Å². The van der Waals surface area contributed by atoms with Crippen LogP contribution in [0.25, 0.3) is 0 Å². The van der Waals surface area contributed by atoms with Crippen LogP contribution < -0.4 is 5.32 Å². The van der Waals surface area contributed by atoms with E-state index in [1.807, 2.05) is 0 Å². The lowest BCUT2D eigenvalue weighted by Crippen LogP contribution is -2.37. The van der Waals surface area contributed by atoms with Crippen LogP contribution in [-0.4, -0.2) is 27.7 Å². The predicted molar refractivity (Wildman–Crippen MR) is 71.4 cm³/mol. The summed E-state index contributed by atoms with van der Waals surface area (Å²) < 4.78 is 0. The van der Waals surface area contributed by atoms with Crippen molar-refractivity contribution in [3.63, 3.8) is 0 Å². The minimum atomic E-state index is -0.675. The van der Waals surface area contributed by atoms with Gasteiger partial charge in [-0.1, -0.05) is 23.4 Å². The molecule has 0 spiro atoms. The lowest BCUT2D eigenvalue weighted by atomic mass is 10.1. The van der Waals surface area contributed by atoms with Crippen molar-refractivity contribution in [1.82, 2.24) is 5.32 Å². The molecule has 0 radical (unpaired) electrons. The molecule has 0 aromatic heterocycles. The molecule has 0 aliphatic carbocycles. The third-order valence-electron chi connectivity index (χ3n) is 2.64. The smallest absolute Gasteiger partial charge is 0.283 e. The van der Waals surface area contributed by atoms with Crippen LogP contribution in [0.1, 0.15) is 16.8 Å². The van der Waals surface area contributed by atoms with E-state index in [2.05, 4.69) is 5.32 Å². The van der Waals surface area contributed by atoms with Gasteiger partial charge in [0.2, 0.25) is 5.12 Å². The highest BCUT2D eigenvalue weighted by atomic mass is 35.5. The number of nitrogens with zero attached hydrogens (tertiary/aromatic N) is 1. The second-order valence-electron chi connectivity index (χ2n) is 3.90. The molecule has 1 aliphatic rings. The van der Waals surface area contributed by atoms with Crippen molar-refractivity contribution in [2.24, 2.45) is 0 Å². The summed E-state index contributed by atoms with van der Waals surface area (Å²) >= 11 is 6.81. The van der Waals surface area contributed by atoms with E-state index >= 15 is 0 Å². The number of nitrogens with one attached hydrogen (secondary N) is 1. The summed E-state index contributed by atoms with van der Waals surface area (Å²) in [5.41, 5.74) is -0.470. The Morgan fingerprint density at radius 3 is 2.84 bits per heavy atom. The first-order valence-corrected chi connectivity index (χ1v) is 6.77. The van der Waals surface area contributed by atoms with Gasteiger partial charge < -0.3 is 5.32 Å². The van der Waals surface area contributed by atoms with Gasteiger partial charge >= 0.3 is 0 Å². The molecule has 19 heavy (non-hydrogen) atoms. The van der Waals surface area contributed by atoms with Crippen molar-refractivity contribution in [3.05, 3.63) is 38.9 Å². The Bertz CT molecular complexity index is 564. The molecule has 1 amide bonds. The molecule has 1 aromatic carbocycles. The van der Waals surface area contributed by atoms with Gasteiger partial charge in [0.25, 0.3) is 11.6 Å². The molecule has 0 saturated carbocycles. The van der Waals surface area contributed by atoms with E-state index in [0.717, 1.165) is 17.8 Å². The highest BCUT2D eigenvalue weighted by Crippen LogP contribution is 2.24. The molecule has 1 N–H and O–H groups in total. The highest BCUT2D eigenvalue weighted by molar-refractivity contribution is 8.14. The van der Waals surface area contributed by atoms with Crippen LogP contribution in [0.5, 0.6) is 0 Å². The number of benzene rings is 1. The van der Waals surface area contributed by atoms with Crippen molar-refractivity contribution < 1.29 is 14.5 Å². The summed E-state index contributed by atoms with van der Waals surface area (Å²) in [6, 6.07) is 3.21. The number of amides is 1. The SMILES string of the molecule is O=C(N[C@H]1CCSC1=O)c1ccc(Cl)cc1[N+](=O)[O-]. The fourth-order valence-electron chi connectivity index (χ4n) is 1.71. The van der Waals surface area contributed by atoms with Crippen LogP contribution in [-0.2, 0) is 4.79 Å². The highest BCUT2D eigenvalue weighted by Gasteiger charge is 2.29. The molecule has 8 heteroatoms. The number of nitro groups is 1. The molecule has 1 aromatic rings. The van der Waals surface area contributed by atoms with Gasteiger partial charge in [0.15, 0.2) is 0 Å². The number of hydrogen-bond donors (Lipinski definition) is 1. The topological polar surface area (TPSA) is 89.3 Å². The van der Waals surface area contributed by atoms with Gasteiger partial charge in [0.1, 0.15) is 5.56 Å². The molecule has 1 atom stereocenters. The van der Waals surface area contributed by atoms with Gasteiger partial charge in [-0.25, -0.2) is 0 Å². The Morgan fingerprint density at radius 2 is 2.26 bits per heavy atom. The van der Waals surface area contributed by atoms with E-state index in [0.29, 0.717) is 12.2 Å². The normalized spacial score (nSPS) is 18.4. The van der Waals surface area contributed by atoms with Gasteiger partial charge in [-0.3, -0.25) is 19.7 Å². The molecule has 6 nitrogen and oxygen atoms in total. The Balaban J connectivity index is 2.23. The number of carbonyl (C=O) groups excluding carboxylic acids is 2. The van der Waals surface area contributed by atoms with Gasteiger partial charge in [-0.05, 0) is 18.6 Å². The first-order valence-electron chi connectivity index (χ1n) is 5.40. The quantitative estimate of drug-likeness (QED) is 0.681. The third kappa shape index (κ3) is 3.05. The third-order valence-corrected chi connectivity index (χ3v) is 3.89. The minimum absolute atomic E-state index is 0.0981. The lowest BCUT2D eigenvalue weighted by Gasteiger charge is -2.10. The fourth-order valence-corrected chi connectivity index (χ4v) is 2.81. The lowest BCUT2D eigenvalue weighted by molar-refractivity contribution is -0.385. The first-order chi connectivity index (χ1) is 8.99. The number of nitro benzene ring substituents is 1. The van der Waals surface area contributed by atoms with Crippen molar-refractivity contribution in [2.75, 3.05) is 5.75 Å². The van der Waals surface area contributed by atoms with Crippen LogP contribution in [0.2, 0.25) is 5.02 Å². The molecule has 0 unspecified atom stereocenters. The Morgan fingerprint density at radius 1 is 1.53 bits per heavy atom. The summed E-state index contributed by atoms with van der Waals surface area (Å²) in [7, 11) is 0. The summed E-state index contributed by atoms with van der Waals surface area (Å²) in [5.74, 6) is 0.0103. The summed E-state index contributed by atoms with van der Waals surface area (Å²) in [6.07, 6.45) is 0.538. The summed E-state index contributed by atoms with van der Waals surface area (Å²) in [4.78, 5) is 33.6. The van der Waals surface area contributed by atoms with Crippen molar-refractivity contribution in [2.45, 2.75) is 12.5 Å². The molecule has 0 bridgehead atoms. The van der Waals surface area contributed by atoms with E-state index < -0.39 is 16.9 Å². The maximum atomic E-state index is 12.0. The number of carbonyl (C=O) groups is 2. The fraction of sp³-hybridized carbons (Fsp3) is 0.273. The van der Waals surface area contributed by atoms with E-state index in [4.69, 9.17) is 11.6 Å². The standard InChI is InChI=1S/C11H9ClN2O4S/c12-6-1-2-7(9(5-6)14(17)18)10(15)13-8-3-4-19-11(8)16/h1-2,5,8H,3-4H2,(H,13,15)/t8-/m0/s1. The van der Waals surface area contributed by atoms with E-state index in [9.17, 15) is 19.7 Å². The second-order valence-corrected chi connectivity index (χ2v) is 5.44. The summed E-state index contributed by atoms with van der Waals surface area (Å²) in [5, 5.41) is 13.4. The molecule has 2 rings (SSSR count). The zero-order valence-corrected chi connectivity index (χ0v) is 11.2.